The Morgan fingerprint density at radius 3 is 2.44 bits per heavy atom. The second kappa shape index (κ2) is 7.46. The van der Waals surface area contributed by atoms with Crippen molar-refractivity contribution in [2.24, 2.45) is 7.05 Å². The molecule has 1 aliphatic rings. The van der Waals surface area contributed by atoms with Gasteiger partial charge in [-0.3, -0.25) is 4.90 Å². The largest absolute Gasteiger partial charge is 0.353 e. The van der Waals surface area contributed by atoms with Crippen LogP contribution in [0.3, 0.4) is 0 Å². The van der Waals surface area contributed by atoms with E-state index in [0.29, 0.717) is 11.4 Å². The minimum atomic E-state index is -3.57. The summed E-state index contributed by atoms with van der Waals surface area (Å²) in [6.45, 7) is 2.38. The summed E-state index contributed by atoms with van der Waals surface area (Å²) in [5.74, 6) is 0. The Hall–Kier alpha value is -2.15. The highest BCUT2D eigenvalue weighted by Gasteiger charge is 2.27. The molecule has 4 rings (SSSR count). The maximum Gasteiger partial charge on any atom is 0.240 e. The molecule has 3 aromatic rings. The molecule has 0 unspecified atom stereocenters. The van der Waals surface area contributed by atoms with Crippen LogP contribution < -0.4 is 4.72 Å². The van der Waals surface area contributed by atoms with Crippen molar-refractivity contribution in [3.8, 4) is 0 Å². The molecule has 1 saturated heterocycles. The summed E-state index contributed by atoms with van der Waals surface area (Å²) in [5, 5.41) is 1.97. The normalized spacial score (nSPS) is 16.8. The molecule has 1 N–H and O–H groups in total. The summed E-state index contributed by atoms with van der Waals surface area (Å²) in [7, 11) is -1.56. The molecule has 0 saturated carbocycles. The molecular weight excluding hydrogens is 358 g/mol. The standard InChI is InChI=1S/C21H25N3O2S/c1-23-12-6-9-20(23)21(24-13-4-5-14-24)16-22-27(25,26)19-11-10-17-7-2-3-8-18(17)15-19/h2-3,6-12,15,21-22H,4-5,13-14,16H2,1H3/t21-/m1/s1. The van der Waals surface area contributed by atoms with Crippen LogP contribution in [0.4, 0.5) is 0 Å². The fraction of sp³-hybridized carbons (Fsp3) is 0.333. The summed E-state index contributed by atoms with van der Waals surface area (Å²) >= 11 is 0. The summed E-state index contributed by atoms with van der Waals surface area (Å²) < 4.78 is 30.8. The molecule has 27 heavy (non-hydrogen) atoms. The second-order valence-electron chi connectivity index (χ2n) is 7.16. The van der Waals surface area contributed by atoms with E-state index < -0.39 is 10.0 Å². The molecule has 2 heterocycles. The zero-order valence-corrected chi connectivity index (χ0v) is 16.3. The van der Waals surface area contributed by atoms with Crippen molar-refractivity contribution < 1.29 is 8.42 Å². The van der Waals surface area contributed by atoms with E-state index in [1.807, 2.05) is 49.6 Å². The van der Waals surface area contributed by atoms with Gasteiger partial charge < -0.3 is 4.57 Å². The quantitative estimate of drug-likeness (QED) is 0.711. The lowest BCUT2D eigenvalue weighted by molar-refractivity contribution is 0.238. The van der Waals surface area contributed by atoms with Gasteiger partial charge in [-0.25, -0.2) is 13.1 Å². The Morgan fingerprint density at radius 2 is 1.74 bits per heavy atom. The van der Waals surface area contributed by atoms with Crippen molar-refractivity contribution in [1.29, 1.82) is 0 Å². The molecule has 0 bridgehead atoms. The molecule has 142 valence electrons. The fourth-order valence-electron chi connectivity index (χ4n) is 3.90. The maximum absolute atomic E-state index is 12.9. The van der Waals surface area contributed by atoms with Gasteiger partial charge in [-0.05, 0) is 61.0 Å². The Labute approximate surface area is 160 Å². The molecule has 0 spiro atoms. The zero-order chi connectivity index (χ0) is 18.9. The predicted molar refractivity (Wildman–Crippen MR) is 108 cm³/mol. The molecule has 1 fully saturated rings. The number of aromatic nitrogens is 1. The molecule has 5 nitrogen and oxygen atoms in total. The number of benzene rings is 2. The summed E-state index contributed by atoms with van der Waals surface area (Å²) in [5.41, 5.74) is 1.14. The van der Waals surface area contributed by atoms with Gasteiger partial charge in [0, 0.05) is 25.5 Å². The number of likely N-dealkylation sites (tertiary alicyclic amines) is 1. The fourth-order valence-corrected chi connectivity index (χ4v) is 4.97. The molecule has 0 radical (unpaired) electrons. The van der Waals surface area contributed by atoms with Gasteiger partial charge in [-0.2, -0.15) is 0 Å². The topological polar surface area (TPSA) is 54.3 Å². The smallest absolute Gasteiger partial charge is 0.240 e. The van der Waals surface area contributed by atoms with Gasteiger partial charge in [0.1, 0.15) is 0 Å². The number of aryl methyl sites for hydroxylation is 1. The highest BCUT2D eigenvalue weighted by Crippen LogP contribution is 2.26. The lowest BCUT2D eigenvalue weighted by Gasteiger charge is -2.28. The van der Waals surface area contributed by atoms with Crippen LogP contribution in [0.5, 0.6) is 0 Å². The van der Waals surface area contributed by atoms with Crippen molar-refractivity contribution in [2.75, 3.05) is 19.6 Å². The van der Waals surface area contributed by atoms with E-state index in [0.717, 1.165) is 29.6 Å². The van der Waals surface area contributed by atoms with Crippen LogP contribution in [0.15, 0.2) is 65.7 Å². The third-order valence-electron chi connectivity index (χ3n) is 5.40. The van der Waals surface area contributed by atoms with E-state index in [2.05, 4.69) is 20.3 Å². The van der Waals surface area contributed by atoms with E-state index in [1.54, 1.807) is 12.1 Å². The first-order valence-electron chi connectivity index (χ1n) is 9.38. The molecule has 1 aliphatic heterocycles. The van der Waals surface area contributed by atoms with Gasteiger partial charge in [0.15, 0.2) is 0 Å². The number of hydrogen-bond donors (Lipinski definition) is 1. The predicted octanol–water partition coefficient (Wildman–Crippen LogP) is 3.29. The van der Waals surface area contributed by atoms with E-state index in [-0.39, 0.29) is 6.04 Å². The number of sulfonamides is 1. The summed E-state index contributed by atoms with van der Waals surface area (Å²) in [4.78, 5) is 2.69. The van der Waals surface area contributed by atoms with E-state index in [4.69, 9.17) is 0 Å². The number of hydrogen-bond acceptors (Lipinski definition) is 3. The van der Waals surface area contributed by atoms with Crippen LogP contribution in [0.2, 0.25) is 0 Å². The number of nitrogens with zero attached hydrogens (tertiary/aromatic N) is 2. The SMILES string of the molecule is Cn1cccc1[C@@H](CNS(=O)(=O)c1ccc2ccccc2c1)N1CCCC1. The minimum Gasteiger partial charge on any atom is -0.353 e. The van der Waals surface area contributed by atoms with Gasteiger partial charge in [0.25, 0.3) is 0 Å². The molecule has 0 amide bonds. The average molecular weight is 384 g/mol. The third kappa shape index (κ3) is 3.78. The van der Waals surface area contributed by atoms with Crippen LogP contribution in [-0.4, -0.2) is 37.5 Å². The number of nitrogens with one attached hydrogen (secondary N) is 1. The highest BCUT2D eigenvalue weighted by atomic mass is 32.2. The van der Waals surface area contributed by atoms with Crippen LogP contribution in [0, 0.1) is 0 Å². The second-order valence-corrected chi connectivity index (χ2v) is 8.93. The molecule has 1 atom stereocenters. The van der Waals surface area contributed by atoms with Gasteiger partial charge in [0.05, 0.1) is 10.9 Å². The lowest BCUT2D eigenvalue weighted by Crippen LogP contribution is -2.37. The first-order chi connectivity index (χ1) is 13.0. The van der Waals surface area contributed by atoms with E-state index >= 15 is 0 Å². The van der Waals surface area contributed by atoms with Crippen molar-refractivity contribution in [2.45, 2.75) is 23.8 Å². The van der Waals surface area contributed by atoms with Crippen LogP contribution in [0.25, 0.3) is 10.8 Å². The number of rotatable bonds is 6. The Bertz CT molecular complexity index is 1040. The van der Waals surface area contributed by atoms with E-state index in [9.17, 15) is 8.42 Å². The maximum atomic E-state index is 12.9. The van der Waals surface area contributed by atoms with E-state index in [1.165, 1.54) is 12.8 Å². The number of fused-ring (bicyclic) bond motifs is 1. The highest BCUT2D eigenvalue weighted by molar-refractivity contribution is 7.89. The van der Waals surface area contributed by atoms with Crippen LogP contribution in [-0.2, 0) is 17.1 Å². The first-order valence-corrected chi connectivity index (χ1v) is 10.9. The Morgan fingerprint density at radius 1 is 1.00 bits per heavy atom. The van der Waals surface area contributed by atoms with Gasteiger partial charge in [-0.15, -0.1) is 0 Å². The van der Waals surface area contributed by atoms with Gasteiger partial charge >= 0.3 is 0 Å². The zero-order valence-electron chi connectivity index (χ0n) is 15.5. The lowest BCUT2D eigenvalue weighted by atomic mass is 10.1. The van der Waals surface area contributed by atoms with Crippen LogP contribution >= 0.6 is 0 Å². The van der Waals surface area contributed by atoms with Gasteiger partial charge in [0.2, 0.25) is 10.0 Å². The summed E-state index contributed by atoms with van der Waals surface area (Å²) in [6, 6.07) is 17.2. The third-order valence-corrected chi connectivity index (χ3v) is 6.83. The van der Waals surface area contributed by atoms with Crippen molar-refractivity contribution in [3.05, 3.63) is 66.5 Å². The van der Waals surface area contributed by atoms with Crippen molar-refractivity contribution >= 4 is 20.8 Å². The van der Waals surface area contributed by atoms with Crippen LogP contribution in [0.1, 0.15) is 24.6 Å². The molecule has 6 heteroatoms. The van der Waals surface area contributed by atoms with Gasteiger partial charge in [-0.1, -0.05) is 30.3 Å². The van der Waals surface area contributed by atoms with Crippen molar-refractivity contribution in [3.63, 3.8) is 0 Å². The molecular formula is C21H25N3O2S. The molecule has 0 aliphatic carbocycles. The minimum absolute atomic E-state index is 0.0442. The molecule has 1 aromatic heterocycles. The van der Waals surface area contributed by atoms with Crippen molar-refractivity contribution in [1.82, 2.24) is 14.2 Å². The Kier molecular flexibility index (Phi) is 5.04. The summed E-state index contributed by atoms with van der Waals surface area (Å²) in [6.07, 6.45) is 4.34. The Balaban J connectivity index is 1.57. The molecule has 2 aromatic carbocycles. The average Bonchev–Trinajstić information content (AvgIpc) is 3.34. The monoisotopic (exact) mass is 383 g/mol. The first kappa shape index (κ1) is 18.2.